The minimum absolute atomic E-state index is 0.104. The van der Waals surface area contributed by atoms with Crippen molar-refractivity contribution in [2.45, 2.75) is 37.8 Å². The van der Waals surface area contributed by atoms with Gasteiger partial charge in [-0.1, -0.05) is 6.42 Å². The Kier molecular flexibility index (Phi) is 5.63. The number of aldehydes is 1. The van der Waals surface area contributed by atoms with Gasteiger partial charge in [0.1, 0.15) is 6.29 Å². The Labute approximate surface area is 128 Å². The molecule has 0 spiro atoms. The molecule has 1 N–H and O–H groups in total. The molecule has 21 heavy (non-hydrogen) atoms. The topological polar surface area (TPSA) is 38.8 Å². The molecule has 3 rings (SSSR count). The molecule has 5 nitrogen and oxygen atoms in total. The monoisotopic (exact) mass is 294 g/mol. The largest absolute Gasteiger partial charge is 0.315 e. The van der Waals surface area contributed by atoms with Crippen molar-refractivity contribution in [1.82, 2.24) is 20.0 Å². The molecule has 0 amide bonds. The van der Waals surface area contributed by atoms with E-state index in [1.165, 1.54) is 45.1 Å². The highest BCUT2D eigenvalue weighted by atomic mass is 16.1. The van der Waals surface area contributed by atoms with E-state index in [0.717, 1.165) is 51.9 Å². The van der Waals surface area contributed by atoms with Crippen LogP contribution in [0.1, 0.15) is 25.7 Å². The van der Waals surface area contributed by atoms with Crippen molar-refractivity contribution in [3.05, 3.63) is 0 Å². The summed E-state index contributed by atoms with van der Waals surface area (Å²) in [5, 5.41) is 3.45. The Morgan fingerprint density at radius 1 is 1.05 bits per heavy atom. The number of nitrogens with zero attached hydrogens (tertiary/aromatic N) is 3. The summed E-state index contributed by atoms with van der Waals surface area (Å²) in [4.78, 5) is 19.0. The van der Waals surface area contributed by atoms with Crippen molar-refractivity contribution in [1.29, 1.82) is 0 Å². The fraction of sp³-hybridized carbons (Fsp3) is 0.938. The van der Waals surface area contributed by atoms with E-state index in [2.05, 4.69) is 20.0 Å². The lowest BCUT2D eigenvalue weighted by Crippen LogP contribution is -2.56. The number of nitrogens with one attached hydrogen (secondary N) is 1. The fourth-order valence-electron chi connectivity index (χ4n) is 4.04. The third kappa shape index (κ3) is 4.03. The standard InChI is InChI=1S/C16H30N4O/c21-14-16(13-18-6-2-1-3-7-18)20-10-8-19(9-11-20)15-4-5-17-12-15/h14-17H,1-13H2. The van der Waals surface area contributed by atoms with E-state index in [0.29, 0.717) is 0 Å². The maximum atomic E-state index is 11.5. The molecule has 120 valence electrons. The zero-order chi connectivity index (χ0) is 14.5. The normalized spacial score (nSPS) is 31.3. The molecular formula is C16H30N4O. The predicted octanol–water partition coefficient (Wildman–Crippen LogP) is 0.0193. The molecular weight excluding hydrogens is 264 g/mol. The first-order valence-corrected chi connectivity index (χ1v) is 8.73. The van der Waals surface area contributed by atoms with Crippen molar-refractivity contribution in [3.63, 3.8) is 0 Å². The van der Waals surface area contributed by atoms with Crippen LogP contribution < -0.4 is 5.32 Å². The first kappa shape index (κ1) is 15.4. The van der Waals surface area contributed by atoms with Crippen LogP contribution in [0.15, 0.2) is 0 Å². The lowest BCUT2D eigenvalue weighted by molar-refractivity contribution is -0.114. The van der Waals surface area contributed by atoms with Gasteiger partial charge in [-0.3, -0.25) is 9.80 Å². The second-order valence-corrected chi connectivity index (χ2v) is 6.78. The molecule has 2 atom stereocenters. The SMILES string of the molecule is O=CC(CN1CCCCC1)N1CCN(C2CCNC2)CC1. The van der Waals surface area contributed by atoms with Crippen LogP contribution in [0.5, 0.6) is 0 Å². The van der Waals surface area contributed by atoms with E-state index in [4.69, 9.17) is 0 Å². The van der Waals surface area contributed by atoms with E-state index in [9.17, 15) is 4.79 Å². The van der Waals surface area contributed by atoms with E-state index in [1.54, 1.807) is 0 Å². The molecule has 2 unspecified atom stereocenters. The fourth-order valence-corrected chi connectivity index (χ4v) is 4.04. The molecule has 0 aromatic rings. The average Bonchev–Trinajstić information content (AvgIpc) is 3.08. The van der Waals surface area contributed by atoms with Gasteiger partial charge < -0.3 is 15.0 Å². The van der Waals surface area contributed by atoms with Crippen molar-refractivity contribution in [2.75, 3.05) is 58.9 Å². The molecule has 0 bridgehead atoms. The van der Waals surface area contributed by atoms with Crippen LogP contribution in [-0.2, 0) is 4.79 Å². The zero-order valence-electron chi connectivity index (χ0n) is 13.2. The van der Waals surface area contributed by atoms with Crippen molar-refractivity contribution < 1.29 is 4.79 Å². The van der Waals surface area contributed by atoms with Crippen LogP contribution >= 0.6 is 0 Å². The van der Waals surface area contributed by atoms with Crippen LogP contribution in [0.4, 0.5) is 0 Å². The number of piperidine rings is 1. The highest BCUT2D eigenvalue weighted by Crippen LogP contribution is 2.15. The maximum absolute atomic E-state index is 11.5. The van der Waals surface area contributed by atoms with Gasteiger partial charge in [-0.05, 0) is 38.9 Å². The van der Waals surface area contributed by atoms with Gasteiger partial charge in [0.15, 0.2) is 0 Å². The number of carbonyl (C=O) groups excluding carboxylic acids is 1. The van der Waals surface area contributed by atoms with Crippen LogP contribution in [0.2, 0.25) is 0 Å². The predicted molar refractivity (Wildman–Crippen MR) is 84.6 cm³/mol. The number of likely N-dealkylation sites (tertiary alicyclic amines) is 1. The quantitative estimate of drug-likeness (QED) is 0.724. The number of hydrogen-bond donors (Lipinski definition) is 1. The molecule has 3 heterocycles. The highest BCUT2D eigenvalue weighted by molar-refractivity contribution is 5.58. The molecule has 0 aromatic carbocycles. The molecule has 0 radical (unpaired) electrons. The molecule has 3 aliphatic heterocycles. The zero-order valence-corrected chi connectivity index (χ0v) is 13.2. The minimum atomic E-state index is 0.104. The lowest BCUT2D eigenvalue weighted by Gasteiger charge is -2.41. The van der Waals surface area contributed by atoms with Gasteiger partial charge in [0.05, 0.1) is 6.04 Å². The molecule has 0 saturated carbocycles. The summed E-state index contributed by atoms with van der Waals surface area (Å²) in [5.74, 6) is 0. The second-order valence-electron chi connectivity index (χ2n) is 6.78. The molecule has 0 aliphatic carbocycles. The Morgan fingerprint density at radius 2 is 1.81 bits per heavy atom. The van der Waals surface area contributed by atoms with E-state index in [-0.39, 0.29) is 6.04 Å². The van der Waals surface area contributed by atoms with Crippen molar-refractivity contribution in [3.8, 4) is 0 Å². The second kappa shape index (κ2) is 7.68. The summed E-state index contributed by atoms with van der Waals surface area (Å²) in [6.07, 6.45) is 6.42. The molecule has 5 heteroatoms. The van der Waals surface area contributed by atoms with Gasteiger partial charge in [0.2, 0.25) is 0 Å². The summed E-state index contributed by atoms with van der Waals surface area (Å²) < 4.78 is 0. The van der Waals surface area contributed by atoms with Gasteiger partial charge >= 0.3 is 0 Å². The van der Waals surface area contributed by atoms with Crippen LogP contribution in [0, 0.1) is 0 Å². The lowest BCUT2D eigenvalue weighted by atomic mass is 10.1. The van der Waals surface area contributed by atoms with Gasteiger partial charge in [0.25, 0.3) is 0 Å². The van der Waals surface area contributed by atoms with Crippen LogP contribution in [-0.4, -0.2) is 92.0 Å². The van der Waals surface area contributed by atoms with Crippen LogP contribution in [0.25, 0.3) is 0 Å². The summed E-state index contributed by atoms with van der Waals surface area (Å²) >= 11 is 0. The third-order valence-corrected chi connectivity index (χ3v) is 5.42. The Morgan fingerprint density at radius 3 is 2.43 bits per heavy atom. The Hall–Kier alpha value is -0.490. The van der Waals surface area contributed by atoms with Gasteiger partial charge in [-0.25, -0.2) is 0 Å². The summed E-state index contributed by atoms with van der Waals surface area (Å²) in [7, 11) is 0. The van der Waals surface area contributed by atoms with E-state index < -0.39 is 0 Å². The molecule has 0 aromatic heterocycles. The Balaban J connectivity index is 1.45. The highest BCUT2D eigenvalue weighted by Gasteiger charge is 2.29. The number of hydrogen-bond acceptors (Lipinski definition) is 5. The van der Waals surface area contributed by atoms with Gasteiger partial charge in [-0.2, -0.15) is 0 Å². The number of piperazine rings is 1. The minimum Gasteiger partial charge on any atom is -0.315 e. The maximum Gasteiger partial charge on any atom is 0.138 e. The third-order valence-electron chi connectivity index (χ3n) is 5.42. The summed E-state index contributed by atoms with van der Waals surface area (Å²) in [6.45, 7) is 9.95. The first-order valence-electron chi connectivity index (χ1n) is 8.73. The van der Waals surface area contributed by atoms with Crippen LogP contribution in [0.3, 0.4) is 0 Å². The smallest absolute Gasteiger partial charge is 0.138 e. The summed E-state index contributed by atoms with van der Waals surface area (Å²) in [6, 6.07) is 0.830. The first-order chi connectivity index (χ1) is 10.4. The Bertz CT molecular complexity index is 318. The van der Waals surface area contributed by atoms with Gasteiger partial charge in [-0.15, -0.1) is 0 Å². The average molecular weight is 294 g/mol. The molecule has 3 fully saturated rings. The van der Waals surface area contributed by atoms with Gasteiger partial charge in [0, 0.05) is 45.3 Å². The molecule has 3 aliphatic rings. The van der Waals surface area contributed by atoms with Crippen molar-refractivity contribution in [2.24, 2.45) is 0 Å². The number of rotatable bonds is 5. The van der Waals surface area contributed by atoms with E-state index in [1.807, 2.05) is 0 Å². The molecule has 3 saturated heterocycles. The number of carbonyl (C=O) groups is 1. The summed E-state index contributed by atoms with van der Waals surface area (Å²) in [5.41, 5.74) is 0. The van der Waals surface area contributed by atoms with E-state index >= 15 is 0 Å². The van der Waals surface area contributed by atoms with Crippen molar-refractivity contribution >= 4 is 6.29 Å².